The van der Waals surface area contributed by atoms with Crippen molar-refractivity contribution in [2.45, 2.75) is 25.6 Å². The van der Waals surface area contributed by atoms with Crippen molar-refractivity contribution in [1.29, 1.82) is 0 Å². The minimum absolute atomic E-state index is 0.201. The summed E-state index contributed by atoms with van der Waals surface area (Å²) in [6, 6.07) is 19.4. The fraction of sp³-hybridized carbons (Fsp3) is 0.182. The second-order valence-electron chi connectivity index (χ2n) is 6.36. The summed E-state index contributed by atoms with van der Waals surface area (Å²) in [4.78, 5) is 20.5. The molecular weight excluding hydrogens is 384 g/mol. The van der Waals surface area contributed by atoms with Gasteiger partial charge in [0, 0.05) is 11.4 Å². The van der Waals surface area contributed by atoms with E-state index >= 15 is 0 Å². The zero-order valence-electron chi connectivity index (χ0n) is 16.3. The van der Waals surface area contributed by atoms with E-state index in [4.69, 9.17) is 4.74 Å². The lowest BCUT2D eigenvalue weighted by atomic mass is 10.2. The summed E-state index contributed by atoms with van der Waals surface area (Å²) in [6.07, 6.45) is 1.59. The fourth-order valence-corrected chi connectivity index (χ4v) is 3.23. The Balaban J connectivity index is 1.43. The number of thioether (sulfide) groups is 1. The molecule has 0 bridgehead atoms. The Labute approximate surface area is 174 Å². The molecule has 0 spiro atoms. The first kappa shape index (κ1) is 20.5. The summed E-state index contributed by atoms with van der Waals surface area (Å²) < 4.78 is 5.75. The van der Waals surface area contributed by atoms with Crippen molar-refractivity contribution < 1.29 is 9.53 Å². The van der Waals surface area contributed by atoms with Gasteiger partial charge in [0.1, 0.15) is 12.4 Å². The molecular formula is C22H22N4O2S. The monoisotopic (exact) mass is 406 g/mol. The van der Waals surface area contributed by atoms with Crippen LogP contribution in [0.5, 0.6) is 5.75 Å². The van der Waals surface area contributed by atoms with Gasteiger partial charge in [-0.05, 0) is 55.3 Å². The minimum atomic E-state index is -0.211. The van der Waals surface area contributed by atoms with Crippen molar-refractivity contribution in [3.63, 3.8) is 0 Å². The molecule has 1 aromatic heterocycles. The summed E-state index contributed by atoms with van der Waals surface area (Å²) in [6.45, 7) is 4.33. The van der Waals surface area contributed by atoms with Gasteiger partial charge in [-0.15, -0.1) is 0 Å². The van der Waals surface area contributed by atoms with Crippen LogP contribution in [-0.2, 0) is 11.4 Å². The maximum Gasteiger partial charge on any atom is 0.250 e. The Kier molecular flexibility index (Phi) is 7.35. The Hall–Kier alpha value is -3.19. The van der Waals surface area contributed by atoms with Gasteiger partial charge in [-0.3, -0.25) is 4.79 Å². The first-order valence-electron chi connectivity index (χ1n) is 9.12. The van der Waals surface area contributed by atoms with E-state index in [0.717, 1.165) is 28.3 Å². The highest BCUT2D eigenvalue weighted by Gasteiger charge is 2.05. The number of ether oxygens (including phenoxy) is 1. The van der Waals surface area contributed by atoms with Gasteiger partial charge in [0.25, 0.3) is 5.91 Å². The van der Waals surface area contributed by atoms with Crippen molar-refractivity contribution in [2.75, 3.05) is 5.75 Å². The molecule has 0 aliphatic carbocycles. The third-order valence-electron chi connectivity index (χ3n) is 3.83. The Morgan fingerprint density at radius 1 is 1.07 bits per heavy atom. The first-order chi connectivity index (χ1) is 14.1. The van der Waals surface area contributed by atoms with Gasteiger partial charge < -0.3 is 4.74 Å². The highest BCUT2D eigenvalue weighted by atomic mass is 32.2. The van der Waals surface area contributed by atoms with Crippen LogP contribution in [0.4, 0.5) is 0 Å². The summed E-state index contributed by atoms with van der Waals surface area (Å²) in [7, 11) is 0. The normalized spacial score (nSPS) is 10.8. The highest BCUT2D eigenvalue weighted by Crippen LogP contribution is 2.14. The topological polar surface area (TPSA) is 76.5 Å². The number of carbonyl (C=O) groups is 1. The number of rotatable bonds is 8. The van der Waals surface area contributed by atoms with Gasteiger partial charge in [-0.1, -0.05) is 42.1 Å². The molecule has 6 nitrogen and oxygen atoms in total. The second kappa shape index (κ2) is 10.4. The number of carbonyl (C=O) groups excluding carboxylic acids is 1. The Morgan fingerprint density at radius 3 is 2.45 bits per heavy atom. The maximum absolute atomic E-state index is 11.9. The quantitative estimate of drug-likeness (QED) is 0.266. The minimum Gasteiger partial charge on any atom is -0.489 e. The number of aromatic nitrogens is 2. The first-order valence-corrected chi connectivity index (χ1v) is 10.1. The van der Waals surface area contributed by atoms with Crippen LogP contribution in [0.3, 0.4) is 0 Å². The lowest BCUT2D eigenvalue weighted by Gasteiger charge is -2.06. The van der Waals surface area contributed by atoms with Crippen LogP contribution >= 0.6 is 11.8 Å². The van der Waals surface area contributed by atoms with Crippen LogP contribution in [0.25, 0.3) is 0 Å². The average molecular weight is 407 g/mol. The summed E-state index contributed by atoms with van der Waals surface area (Å²) in [5.74, 6) is 0.767. The smallest absolute Gasteiger partial charge is 0.250 e. The van der Waals surface area contributed by atoms with E-state index in [1.807, 2.05) is 74.5 Å². The fourth-order valence-electron chi connectivity index (χ4n) is 2.49. The van der Waals surface area contributed by atoms with Gasteiger partial charge >= 0.3 is 0 Å². The molecule has 0 saturated carbocycles. The van der Waals surface area contributed by atoms with E-state index in [0.29, 0.717) is 11.8 Å². The van der Waals surface area contributed by atoms with Crippen LogP contribution in [0, 0.1) is 13.8 Å². The molecule has 148 valence electrons. The van der Waals surface area contributed by atoms with Crippen LogP contribution in [0.15, 0.2) is 70.9 Å². The predicted molar refractivity (Wildman–Crippen MR) is 115 cm³/mol. The number of amides is 1. The molecule has 0 unspecified atom stereocenters. The van der Waals surface area contributed by atoms with E-state index in [1.165, 1.54) is 11.8 Å². The molecule has 29 heavy (non-hydrogen) atoms. The number of hydrazone groups is 1. The van der Waals surface area contributed by atoms with E-state index in [1.54, 1.807) is 6.21 Å². The van der Waals surface area contributed by atoms with Crippen molar-refractivity contribution >= 4 is 23.9 Å². The predicted octanol–water partition coefficient (Wildman–Crippen LogP) is 3.91. The van der Waals surface area contributed by atoms with Crippen LogP contribution in [0.1, 0.15) is 22.5 Å². The van der Waals surface area contributed by atoms with E-state index in [9.17, 15) is 4.79 Å². The van der Waals surface area contributed by atoms with E-state index in [-0.39, 0.29) is 11.7 Å². The van der Waals surface area contributed by atoms with Gasteiger partial charge in [0.15, 0.2) is 5.16 Å². The van der Waals surface area contributed by atoms with E-state index < -0.39 is 0 Å². The molecule has 1 N–H and O–H groups in total. The molecule has 7 heteroatoms. The molecule has 3 aromatic rings. The average Bonchev–Trinajstić information content (AvgIpc) is 2.72. The summed E-state index contributed by atoms with van der Waals surface area (Å²) in [5, 5.41) is 4.58. The van der Waals surface area contributed by atoms with Gasteiger partial charge in [-0.25, -0.2) is 15.4 Å². The number of nitrogens with zero attached hydrogens (tertiary/aromatic N) is 3. The Morgan fingerprint density at radius 2 is 1.76 bits per heavy atom. The number of benzene rings is 2. The Bertz CT molecular complexity index is 956. The summed E-state index contributed by atoms with van der Waals surface area (Å²) >= 11 is 1.28. The van der Waals surface area contributed by atoms with Crippen LogP contribution < -0.4 is 10.2 Å². The zero-order valence-corrected chi connectivity index (χ0v) is 17.1. The molecule has 0 fully saturated rings. The molecule has 3 rings (SSSR count). The molecule has 0 aliphatic heterocycles. The van der Waals surface area contributed by atoms with Crippen LogP contribution in [-0.4, -0.2) is 27.8 Å². The largest absolute Gasteiger partial charge is 0.489 e. The van der Waals surface area contributed by atoms with Crippen molar-refractivity contribution in [3.05, 3.63) is 83.2 Å². The van der Waals surface area contributed by atoms with Gasteiger partial charge in [0.2, 0.25) is 0 Å². The van der Waals surface area contributed by atoms with Gasteiger partial charge in [0.05, 0.1) is 12.0 Å². The maximum atomic E-state index is 11.9. The van der Waals surface area contributed by atoms with Crippen molar-refractivity contribution in [1.82, 2.24) is 15.4 Å². The number of nitrogens with one attached hydrogen (secondary N) is 1. The lowest BCUT2D eigenvalue weighted by Crippen LogP contribution is -2.19. The zero-order chi connectivity index (χ0) is 20.5. The van der Waals surface area contributed by atoms with Crippen LogP contribution in [0.2, 0.25) is 0 Å². The molecule has 1 heterocycles. The molecule has 0 saturated heterocycles. The molecule has 0 aliphatic rings. The van der Waals surface area contributed by atoms with Gasteiger partial charge in [-0.2, -0.15) is 5.10 Å². The second-order valence-corrected chi connectivity index (χ2v) is 7.30. The lowest BCUT2D eigenvalue weighted by molar-refractivity contribution is -0.118. The number of hydrogen-bond acceptors (Lipinski definition) is 6. The highest BCUT2D eigenvalue weighted by molar-refractivity contribution is 7.99. The number of aryl methyl sites for hydroxylation is 2. The summed E-state index contributed by atoms with van der Waals surface area (Å²) in [5.41, 5.74) is 6.26. The molecule has 0 radical (unpaired) electrons. The number of hydrogen-bond donors (Lipinski definition) is 1. The molecule has 1 amide bonds. The SMILES string of the molecule is Cc1cc(C)nc(SCC(=O)N/N=C/c2ccc(OCc3ccccc3)cc2)n1. The standard InChI is InChI=1S/C22H22N4O2S/c1-16-12-17(2)25-22(24-16)29-15-21(27)26-23-13-18-8-10-20(11-9-18)28-14-19-6-4-3-5-7-19/h3-13H,14-15H2,1-2H3,(H,26,27)/b23-13+. The molecule has 2 aromatic carbocycles. The third-order valence-corrected chi connectivity index (χ3v) is 4.67. The van der Waals surface area contributed by atoms with E-state index in [2.05, 4.69) is 20.5 Å². The third kappa shape index (κ3) is 7.04. The molecule has 0 atom stereocenters. The van der Waals surface area contributed by atoms with Crippen molar-refractivity contribution in [2.24, 2.45) is 5.10 Å². The van der Waals surface area contributed by atoms with Crippen molar-refractivity contribution in [3.8, 4) is 5.75 Å².